The molecule has 1 aromatic heterocycles. The van der Waals surface area contributed by atoms with Gasteiger partial charge < -0.3 is 5.32 Å². The van der Waals surface area contributed by atoms with Crippen LogP contribution in [0.5, 0.6) is 0 Å². The van der Waals surface area contributed by atoms with E-state index in [1.165, 1.54) is 10.6 Å². The van der Waals surface area contributed by atoms with Gasteiger partial charge in [0.05, 0.1) is 10.7 Å². The second-order valence-electron chi connectivity index (χ2n) is 5.91. The van der Waals surface area contributed by atoms with Gasteiger partial charge in [-0.05, 0) is 12.5 Å². The summed E-state index contributed by atoms with van der Waals surface area (Å²) in [7, 11) is 0. The number of hydrogen-bond acceptors (Lipinski definition) is 3. The lowest BCUT2D eigenvalue weighted by molar-refractivity contribution is 0.556. The summed E-state index contributed by atoms with van der Waals surface area (Å²) in [6, 6.07) is 10.9. The molecule has 19 heavy (non-hydrogen) atoms. The Hall–Kier alpha value is -1.19. The molecule has 2 nitrogen and oxygen atoms in total. The van der Waals surface area contributed by atoms with Gasteiger partial charge in [0.2, 0.25) is 0 Å². The predicted octanol–water partition coefficient (Wildman–Crippen LogP) is 4.29. The monoisotopic (exact) mass is 274 g/mol. The van der Waals surface area contributed by atoms with Crippen LogP contribution in [0.1, 0.15) is 50.0 Å². The second-order valence-corrected chi connectivity index (χ2v) is 6.77. The molecule has 0 unspecified atom stereocenters. The van der Waals surface area contributed by atoms with Crippen LogP contribution in [-0.2, 0) is 12.0 Å². The fraction of sp³-hybridized carbons (Fsp3) is 0.438. The molecule has 0 aliphatic heterocycles. The SMILES string of the molecule is C[C@@H](NCc1csc(C(C)(C)C)n1)c1ccccc1. The fourth-order valence-electron chi connectivity index (χ4n) is 1.85. The fourth-order valence-corrected chi connectivity index (χ4v) is 2.76. The Morgan fingerprint density at radius 2 is 1.89 bits per heavy atom. The van der Waals surface area contributed by atoms with Gasteiger partial charge >= 0.3 is 0 Å². The summed E-state index contributed by atoms with van der Waals surface area (Å²) in [6.07, 6.45) is 0. The van der Waals surface area contributed by atoms with E-state index in [1.807, 2.05) is 6.07 Å². The van der Waals surface area contributed by atoms with Gasteiger partial charge in [-0.25, -0.2) is 4.98 Å². The van der Waals surface area contributed by atoms with Crippen LogP contribution in [0.15, 0.2) is 35.7 Å². The van der Waals surface area contributed by atoms with E-state index in [0.717, 1.165) is 12.2 Å². The Labute approximate surface area is 119 Å². The van der Waals surface area contributed by atoms with E-state index >= 15 is 0 Å². The molecule has 1 aromatic carbocycles. The van der Waals surface area contributed by atoms with Crippen LogP contribution in [0.2, 0.25) is 0 Å². The van der Waals surface area contributed by atoms with Gasteiger partial charge in [0.1, 0.15) is 0 Å². The number of nitrogens with one attached hydrogen (secondary N) is 1. The summed E-state index contributed by atoms with van der Waals surface area (Å²) >= 11 is 1.75. The molecule has 0 spiro atoms. The predicted molar refractivity (Wildman–Crippen MR) is 82.5 cm³/mol. The third kappa shape index (κ3) is 3.88. The number of thiazole rings is 1. The zero-order valence-corrected chi connectivity index (χ0v) is 12.9. The summed E-state index contributed by atoms with van der Waals surface area (Å²) in [6.45, 7) is 9.62. The molecule has 0 saturated heterocycles. The van der Waals surface area contributed by atoms with Crippen LogP contribution < -0.4 is 5.32 Å². The van der Waals surface area contributed by atoms with Crippen LogP contribution in [0.4, 0.5) is 0 Å². The molecule has 0 fully saturated rings. The van der Waals surface area contributed by atoms with Gasteiger partial charge in [0.15, 0.2) is 0 Å². The Morgan fingerprint density at radius 3 is 2.47 bits per heavy atom. The van der Waals surface area contributed by atoms with E-state index in [9.17, 15) is 0 Å². The maximum Gasteiger partial charge on any atom is 0.0982 e. The van der Waals surface area contributed by atoms with Crippen molar-refractivity contribution in [3.8, 4) is 0 Å². The van der Waals surface area contributed by atoms with E-state index in [1.54, 1.807) is 11.3 Å². The summed E-state index contributed by atoms with van der Waals surface area (Å²) in [4.78, 5) is 4.70. The molecule has 1 heterocycles. The quantitative estimate of drug-likeness (QED) is 0.899. The van der Waals surface area contributed by atoms with Crippen LogP contribution in [-0.4, -0.2) is 4.98 Å². The van der Waals surface area contributed by atoms with Crippen molar-refractivity contribution in [2.75, 3.05) is 0 Å². The molecule has 0 aliphatic rings. The Kier molecular flexibility index (Phi) is 4.38. The highest BCUT2D eigenvalue weighted by atomic mass is 32.1. The maximum atomic E-state index is 4.70. The minimum absolute atomic E-state index is 0.147. The van der Waals surface area contributed by atoms with Crippen molar-refractivity contribution in [3.63, 3.8) is 0 Å². The highest BCUT2D eigenvalue weighted by Crippen LogP contribution is 2.25. The molecule has 0 aliphatic carbocycles. The highest BCUT2D eigenvalue weighted by molar-refractivity contribution is 7.09. The highest BCUT2D eigenvalue weighted by Gasteiger charge is 2.18. The first-order chi connectivity index (χ1) is 8.97. The molecule has 2 aromatic rings. The van der Waals surface area contributed by atoms with Crippen molar-refractivity contribution < 1.29 is 0 Å². The molecule has 0 amide bonds. The Bertz CT molecular complexity index is 511. The van der Waals surface area contributed by atoms with Gasteiger partial charge in [-0.3, -0.25) is 0 Å². The third-order valence-electron chi connectivity index (χ3n) is 3.08. The first-order valence-corrected chi connectivity index (χ1v) is 7.58. The van der Waals surface area contributed by atoms with E-state index in [0.29, 0.717) is 6.04 Å². The summed E-state index contributed by atoms with van der Waals surface area (Å²) in [5, 5.41) is 6.89. The average molecular weight is 274 g/mol. The van der Waals surface area contributed by atoms with Gasteiger partial charge in [-0.15, -0.1) is 11.3 Å². The molecule has 0 radical (unpaired) electrons. The largest absolute Gasteiger partial charge is 0.305 e. The number of hydrogen-bond donors (Lipinski definition) is 1. The smallest absolute Gasteiger partial charge is 0.0982 e. The van der Waals surface area contributed by atoms with Gasteiger partial charge in [0, 0.05) is 23.4 Å². The minimum Gasteiger partial charge on any atom is -0.305 e. The van der Waals surface area contributed by atoms with Crippen LogP contribution in [0.25, 0.3) is 0 Å². The van der Waals surface area contributed by atoms with E-state index in [4.69, 9.17) is 4.98 Å². The van der Waals surface area contributed by atoms with Crippen molar-refractivity contribution in [1.29, 1.82) is 0 Å². The first kappa shape index (κ1) is 14.2. The van der Waals surface area contributed by atoms with Gasteiger partial charge in [0.25, 0.3) is 0 Å². The zero-order valence-electron chi connectivity index (χ0n) is 12.1. The van der Waals surface area contributed by atoms with Gasteiger partial charge in [-0.1, -0.05) is 51.1 Å². The molecule has 2 rings (SSSR count). The zero-order chi connectivity index (χ0) is 13.9. The standard InChI is InChI=1S/C16H22N2S/c1-12(13-8-6-5-7-9-13)17-10-14-11-19-15(18-14)16(2,3)4/h5-9,11-12,17H,10H2,1-4H3/t12-/m1/s1. The number of aromatic nitrogens is 1. The maximum absolute atomic E-state index is 4.70. The van der Waals surface area contributed by atoms with Crippen LogP contribution in [0.3, 0.4) is 0 Å². The van der Waals surface area contributed by atoms with Crippen molar-refractivity contribution >= 4 is 11.3 Å². The van der Waals surface area contributed by atoms with E-state index in [-0.39, 0.29) is 5.41 Å². The van der Waals surface area contributed by atoms with Crippen molar-refractivity contribution in [2.45, 2.75) is 45.7 Å². The Morgan fingerprint density at radius 1 is 1.21 bits per heavy atom. The van der Waals surface area contributed by atoms with E-state index in [2.05, 4.69) is 62.7 Å². The normalized spacial score (nSPS) is 13.5. The molecule has 1 atom stereocenters. The number of benzene rings is 1. The third-order valence-corrected chi connectivity index (χ3v) is 4.40. The molecule has 3 heteroatoms. The van der Waals surface area contributed by atoms with Crippen molar-refractivity contribution in [2.24, 2.45) is 0 Å². The van der Waals surface area contributed by atoms with Crippen LogP contribution in [0, 0.1) is 0 Å². The lowest BCUT2D eigenvalue weighted by atomic mass is 9.98. The molecule has 1 N–H and O–H groups in total. The Balaban J connectivity index is 1.94. The molecule has 0 saturated carbocycles. The van der Waals surface area contributed by atoms with Crippen molar-refractivity contribution in [1.82, 2.24) is 10.3 Å². The lowest BCUT2D eigenvalue weighted by Gasteiger charge is -2.14. The molecule has 102 valence electrons. The lowest BCUT2D eigenvalue weighted by Crippen LogP contribution is -2.18. The first-order valence-electron chi connectivity index (χ1n) is 6.70. The van der Waals surface area contributed by atoms with Crippen molar-refractivity contribution in [3.05, 3.63) is 52.0 Å². The number of rotatable bonds is 4. The molecular formula is C16H22N2S. The summed E-state index contributed by atoms with van der Waals surface area (Å²) in [5.74, 6) is 0. The molecular weight excluding hydrogens is 252 g/mol. The van der Waals surface area contributed by atoms with E-state index < -0.39 is 0 Å². The topological polar surface area (TPSA) is 24.9 Å². The molecule has 0 bridgehead atoms. The summed E-state index contributed by atoms with van der Waals surface area (Å²) in [5.41, 5.74) is 2.60. The minimum atomic E-state index is 0.147. The second kappa shape index (κ2) is 5.85. The van der Waals surface area contributed by atoms with Gasteiger partial charge in [-0.2, -0.15) is 0 Å². The average Bonchev–Trinajstić information content (AvgIpc) is 2.86. The number of nitrogens with zero attached hydrogens (tertiary/aromatic N) is 1. The van der Waals surface area contributed by atoms with Crippen LogP contribution >= 0.6 is 11.3 Å². The summed E-state index contributed by atoms with van der Waals surface area (Å²) < 4.78 is 0.